The van der Waals surface area contributed by atoms with E-state index in [2.05, 4.69) is 38.4 Å². The molecule has 0 aromatic heterocycles. The molecule has 10 heteroatoms. The summed E-state index contributed by atoms with van der Waals surface area (Å²) >= 11 is 10.9. The Bertz CT molecular complexity index is 1740. The van der Waals surface area contributed by atoms with Crippen molar-refractivity contribution in [3.63, 3.8) is 0 Å². The van der Waals surface area contributed by atoms with E-state index >= 15 is 0 Å². The average molecular weight is 735 g/mol. The normalized spacial score (nSPS) is 26.3. The highest BCUT2D eigenvalue weighted by molar-refractivity contribution is 9.10. The molecule has 5 fully saturated rings. The molecule has 244 valence electrons. The quantitative estimate of drug-likeness (QED) is 0.222. The summed E-state index contributed by atoms with van der Waals surface area (Å²) in [5.41, 5.74) is 3.96. The maximum absolute atomic E-state index is 13.0. The summed E-state index contributed by atoms with van der Waals surface area (Å²) in [4.78, 5) is 32.5. The third-order valence-corrected chi connectivity index (χ3v) is 12.2. The number of hydrogen-bond acceptors (Lipinski definition) is 6. The Labute approximate surface area is 293 Å². The number of likely N-dealkylation sites (N-methyl/N-ethyl adjacent to an activating group) is 1. The maximum atomic E-state index is 13.0. The molecular weight excluding hydrogens is 698 g/mol. The first-order valence-corrected chi connectivity index (χ1v) is 18.2. The molecule has 0 unspecified atom stereocenters. The van der Waals surface area contributed by atoms with Crippen molar-refractivity contribution in [2.45, 2.75) is 50.9 Å². The Morgan fingerprint density at radius 2 is 1.72 bits per heavy atom. The number of hydrogen-bond donors (Lipinski definition) is 1. The van der Waals surface area contributed by atoms with Gasteiger partial charge in [-0.2, -0.15) is 0 Å². The van der Waals surface area contributed by atoms with E-state index in [9.17, 15) is 9.59 Å². The lowest BCUT2D eigenvalue weighted by Gasteiger charge is -2.57. The summed E-state index contributed by atoms with van der Waals surface area (Å²) in [5, 5.41) is 4.08. The summed E-state index contributed by atoms with van der Waals surface area (Å²) in [6.07, 6.45) is 10.0. The summed E-state index contributed by atoms with van der Waals surface area (Å²) in [6, 6.07) is 19.3. The monoisotopic (exact) mass is 733 g/mol. The predicted molar refractivity (Wildman–Crippen MR) is 193 cm³/mol. The topological polar surface area (TPSA) is 80.2 Å². The van der Waals surface area contributed by atoms with Crippen LogP contribution in [0.25, 0.3) is 6.08 Å². The van der Waals surface area contributed by atoms with Crippen LogP contribution >= 0.6 is 39.3 Å². The van der Waals surface area contributed by atoms with Gasteiger partial charge in [-0.15, -0.1) is 0 Å². The van der Waals surface area contributed by atoms with Crippen LogP contribution in [0.5, 0.6) is 11.5 Å². The van der Waals surface area contributed by atoms with E-state index in [0.29, 0.717) is 44.3 Å². The number of rotatable bonds is 9. The number of nitrogens with zero attached hydrogens (tertiary/aromatic N) is 2. The Balaban J connectivity index is 0.985. The van der Waals surface area contributed by atoms with Crippen LogP contribution in [0.15, 0.2) is 75.0 Å². The molecule has 1 heterocycles. The van der Waals surface area contributed by atoms with Gasteiger partial charge in [0.25, 0.3) is 11.8 Å². The number of nitrogens with one attached hydrogen (secondary N) is 1. The lowest BCUT2D eigenvalue weighted by atomic mass is 9.48. The average Bonchev–Trinajstić information content (AvgIpc) is 3.29. The van der Waals surface area contributed by atoms with Crippen molar-refractivity contribution >= 4 is 73.7 Å². The first-order chi connectivity index (χ1) is 22.7. The van der Waals surface area contributed by atoms with Crippen LogP contribution in [0.2, 0.25) is 5.02 Å². The Kier molecular flexibility index (Phi) is 9.15. The number of ether oxygens (including phenoxy) is 2. The zero-order valence-corrected chi connectivity index (χ0v) is 29.6. The number of carbonyl (C=O) groups excluding carboxylic acids is 2. The highest BCUT2D eigenvalue weighted by Gasteiger charge is 2.51. The smallest absolute Gasteiger partial charge is 0.266 e. The molecule has 8 rings (SSSR count). The van der Waals surface area contributed by atoms with Gasteiger partial charge < -0.3 is 14.8 Å². The van der Waals surface area contributed by atoms with Gasteiger partial charge in [0.2, 0.25) is 0 Å². The van der Waals surface area contributed by atoms with Gasteiger partial charge in [0.1, 0.15) is 0 Å². The zero-order valence-electron chi connectivity index (χ0n) is 26.4. The van der Waals surface area contributed by atoms with Crippen LogP contribution in [0.1, 0.15) is 56.6 Å². The number of carbonyl (C=O) groups is 2. The SMILES string of the molecule is CCOc1cc(/C=C2/SC(=Nc3ccc(Br)c(Cl)c3)N(C)C2=O)ccc1OCC(=O)Nc1ccc(C23CC4CC(CC(C4)C2)C3)cc1. The van der Waals surface area contributed by atoms with Crippen LogP contribution in [-0.2, 0) is 15.0 Å². The molecule has 4 saturated carbocycles. The van der Waals surface area contributed by atoms with Crippen molar-refractivity contribution in [3.8, 4) is 11.5 Å². The number of thioether (sulfide) groups is 1. The van der Waals surface area contributed by atoms with Gasteiger partial charge in [0, 0.05) is 17.2 Å². The summed E-state index contributed by atoms with van der Waals surface area (Å²) in [7, 11) is 1.70. The maximum Gasteiger partial charge on any atom is 0.266 e. The van der Waals surface area contributed by atoms with Crippen LogP contribution in [0, 0.1) is 17.8 Å². The first kappa shape index (κ1) is 32.3. The summed E-state index contributed by atoms with van der Waals surface area (Å²) in [5.74, 6) is 3.24. The van der Waals surface area contributed by atoms with Gasteiger partial charge in [-0.25, -0.2) is 4.99 Å². The predicted octanol–water partition coefficient (Wildman–Crippen LogP) is 9.22. The van der Waals surface area contributed by atoms with Gasteiger partial charge >= 0.3 is 0 Å². The minimum absolute atomic E-state index is 0.155. The van der Waals surface area contributed by atoms with E-state index in [4.69, 9.17) is 21.1 Å². The second-order valence-corrected chi connectivity index (χ2v) is 15.5. The van der Waals surface area contributed by atoms with Gasteiger partial charge in [-0.05, 0) is 156 Å². The molecular formula is C37H37BrClN3O4S. The Morgan fingerprint density at radius 1 is 1.02 bits per heavy atom. The number of benzene rings is 3. The second-order valence-electron chi connectivity index (χ2n) is 13.2. The third kappa shape index (κ3) is 6.85. The Hall–Kier alpha value is -3.27. The van der Waals surface area contributed by atoms with Crippen molar-refractivity contribution in [1.29, 1.82) is 0 Å². The number of amides is 2. The van der Waals surface area contributed by atoms with Gasteiger partial charge in [-0.3, -0.25) is 14.5 Å². The van der Waals surface area contributed by atoms with E-state index in [-0.39, 0.29) is 18.4 Å². The minimum atomic E-state index is -0.240. The fraction of sp³-hybridized carbons (Fsp3) is 0.378. The number of halogens is 2. The lowest BCUT2D eigenvalue weighted by Crippen LogP contribution is -2.48. The largest absolute Gasteiger partial charge is 0.490 e. The van der Waals surface area contributed by atoms with Gasteiger partial charge in [-0.1, -0.05) is 29.8 Å². The molecule has 5 aliphatic rings. The molecule has 1 N–H and O–H groups in total. The zero-order chi connectivity index (χ0) is 32.7. The van der Waals surface area contributed by atoms with Crippen molar-refractivity contribution in [3.05, 3.63) is 86.2 Å². The van der Waals surface area contributed by atoms with Crippen molar-refractivity contribution < 1.29 is 19.1 Å². The van der Waals surface area contributed by atoms with E-state index in [0.717, 1.165) is 33.5 Å². The molecule has 3 aromatic carbocycles. The van der Waals surface area contributed by atoms with Crippen LogP contribution in [-0.4, -0.2) is 42.1 Å². The highest BCUT2D eigenvalue weighted by Crippen LogP contribution is 2.60. The molecule has 4 aliphatic carbocycles. The van der Waals surface area contributed by atoms with E-state index < -0.39 is 0 Å². The molecule has 1 saturated heterocycles. The third-order valence-electron chi connectivity index (χ3n) is 9.87. The summed E-state index contributed by atoms with van der Waals surface area (Å²) in [6.45, 7) is 2.15. The van der Waals surface area contributed by atoms with Crippen molar-refractivity contribution in [2.75, 3.05) is 25.6 Å². The number of amidine groups is 1. The molecule has 47 heavy (non-hydrogen) atoms. The van der Waals surface area contributed by atoms with Gasteiger partial charge in [0.15, 0.2) is 23.3 Å². The van der Waals surface area contributed by atoms with E-state index in [1.165, 1.54) is 60.8 Å². The molecule has 3 aromatic rings. The Morgan fingerprint density at radius 3 is 2.38 bits per heavy atom. The van der Waals surface area contributed by atoms with Gasteiger partial charge in [0.05, 0.1) is 22.2 Å². The molecule has 0 radical (unpaired) electrons. The van der Waals surface area contributed by atoms with Crippen molar-refractivity contribution in [2.24, 2.45) is 22.7 Å². The lowest BCUT2D eigenvalue weighted by molar-refractivity contribution is -0.121. The molecule has 7 nitrogen and oxygen atoms in total. The first-order valence-electron chi connectivity index (χ1n) is 16.2. The van der Waals surface area contributed by atoms with Crippen LogP contribution < -0.4 is 14.8 Å². The van der Waals surface area contributed by atoms with Crippen LogP contribution in [0.3, 0.4) is 0 Å². The van der Waals surface area contributed by atoms with Crippen molar-refractivity contribution in [1.82, 2.24) is 4.90 Å². The molecule has 2 amide bonds. The van der Waals surface area contributed by atoms with Crippen LogP contribution in [0.4, 0.5) is 11.4 Å². The fourth-order valence-electron chi connectivity index (χ4n) is 8.18. The molecule has 4 bridgehead atoms. The fourth-order valence-corrected chi connectivity index (χ4v) is 9.59. The van der Waals surface area contributed by atoms with E-state index in [1.54, 1.807) is 25.3 Å². The number of anilines is 1. The summed E-state index contributed by atoms with van der Waals surface area (Å²) < 4.78 is 12.5. The molecule has 0 spiro atoms. The second kappa shape index (κ2) is 13.3. The minimum Gasteiger partial charge on any atom is -0.490 e. The highest BCUT2D eigenvalue weighted by atomic mass is 79.9. The number of aliphatic imine (C=N–C) groups is 1. The molecule has 1 aliphatic heterocycles. The van der Waals surface area contributed by atoms with E-state index in [1.807, 2.05) is 43.3 Å². The molecule has 0 atom stereocenters. The standard InChI is InChI=1S/C37H37BrClN3O4S/c1-3-45-32-15-22(16-33-35(44)42(2)36(47-33)41-28-9-10-29(38)30(39)17-28)4-11-31(32)46-21-34(43)40-27-7-5-26(6-8-27)37-18-23-12-24(19-37)14-25(13-23)20-37/h4-11,15-17,23-25H,3,12-14,18-21H2,1-2H3,(H,40,43)/b33-16+,41-36?.